The van der Waals surface area contributed by atoms with Crippen molar-refractivity contribution in [1.29, 1.82) is 0 Å². The number of halogens is 1. The number of anilines is 1. The van der Waals surface area contributed by atoms with E-state index in [1.165, 1.54) is 4.68 Å². The van der Waals surface area contributed by atoms with E-state index in [0.717, 1.165) is 11.0 Å². The Morgan fingerprint density at radius 3 is 2.44 bits per heavy atom. The second kappa shape index (κ2) is 8.51. The Bertz CT molecular complexity index is 977. The van der Waals surface area contributed by atoms with Gasteiger partial charge in [0, 0.05) is 34.4 Å². The molecule has 0 aliphatic rings. The topological polar surface area (TPSA) is 74.4 Å². The molecule has 27 heavy (non-hydrogen) atoms. The number of hydrogen-bond acceptors (Lipinski definition) is 6. The smallest absolute Gasteiger partial charge is 0.295 e. The Morgan fingerprint density at radius 2 is 1.81 bits per heavy atom. The number of nitrogens with zero attached hydrogens (tertiary/aromatic N) is 5. The third kappa shape index (κ3) is 3.83. The van der Waals surface area contributed by atoms with Gasteiger partial charge in [-0.2, -0.15) is 9.78 Å². The molecule has 0 unspecified atom stereocenters. The van der Waals surface area contributed by atoms with Gasteiger partial charge >= 0.3 is 0 Å². The standard InChI is InChI=1S/C18H22ClN5O3/c1-22-14-7-5-4-6-13(14)21-18(22)24-17(25)16(19)15(12-20-24)23(8-10-26-2)9-11-27-3/h4-7,12H,8-11H2,1-3H3. The molecule has 0 atom stereocenters. The second-order valence-electron chi connectivity index (χ2n) is 5.99. The summed E-state index contributed by atoms with van der Waals surface area (Å²) in [6.45, 7) is 2.12. The first-order valence-corrected chi connectivity index (χ1v) is 8.88. The quantitative estimate of drug-likeness (QED) is 0.583. The van der Waals surface area contributed by atoms with Gasteiger partial charge in [0.15, 0.2) is 0 Å². The molecule has 3 rings (SSSR count). The number of hydrogen-bond donors (Lipinski definition) is 0. The van der Waals surface area contributed by atoms with Crippen molar-refractivity contribution in [2.24, 2.45) is 7.05 Å². The molecule has 0 aliphatic heterocycles. The third-order valence-corrected chi connectivity index (χ3v) is 4.68. The van der Waals surface area contributed by atoms with E-state index < -0.39 is 5.56 Å². The highest BCUT2D eigenvalue weighted by molar-refractivity contribution is 6.33. The molecule has 0 fully saturated rings. The first-order valence-electron chi connectivity index (χ1n) is 8.51. The number of ether oxygens (including phenoxy) is 2. The maximum Gasteiger partial charge on any atom is 0.295 e. The zero-order valence-corrected chi connectivity index (χ0v) is 16.3. The fraction of sp³-hybridized carbons (Fsp3) is 0.389. The molecule has 9 heteroatoms. The summed E-state index contributed by atoms with van der Waals surface area (Å²) in [5.41, 5.74) is 1.81. The van der Waals surface area contributed by atoms with Crippen molar-refractivity contribution < 1.29 is 9.47 Å². The predicted octanol–water partition coefficient (Wildman–Crippen LogP) is 1.87. The zero-order chi connectivity index (χ0) is 19.4. The van der Waals surface area contributed by atoms with E-state index in [4.69, 9.17) is 21.1 Å². The van der Waals surface area contributed by atoms with E-state index >= 15 is 0 Å². The molecule has 0 amide bonds. The van der Waals surface area contributed by atoms with Crippen molar-refractivity contribution >= 4 is 28.3 Å². The zero-order valence-electron chi connectivity index (χ0n) is 15.6. The van der Waals surface area contributed by atoms with Gasteiger partial charge in [-0.25, -0.2) is 4.98 Å². The molecule has 1 aromatic carbocycles. The van der Waals surface area contributed by atoms with E-state index in [1.54, 1.807) is 20.4 Å². The van der Waals surface area contributed by atoms with Crippen molar-refractivity contribution in [2.45, 2.75) is 0 Å². The Hall–Kier alpha value is -2.42. The molecular formula is C18H22ClN5O3. The maximum atomic E-state index is 12.9. The molecule has 0 bridgehead atoms. The number of aromatic nitrogens is 4. The van der Waals surface area contributed by atoms with Gasteiger partial charge in [-0.05, 0) is 12.1 Å². The number of imidazole rings is 1. The van der Waals surface area contributed by atoms with Crippen LogP contribution in [0.4, 0.5) is 5.69 Å². The second-order valence-corrected chi connectivity index (χ2v) is 6.37. The minimum absolute atomic E-state index is 0.0873. The summed E-state index contributed by atoms with van der Waals surface area (Å²) in [4.78, 5) is 19.3. The Kier molecular flexibility index (Phi) is 6.10. The Balaban J connectivity index is 2.03. The lowest BCUT2D eigenvalue weighted by Gasteiger charge is -2.24. The van der Waals surface area contributed by atoms with E-state index in [0.29, 0.717) is 37.9 Å². The van der Waals surface area contributed by atoms with E-state index in [2.05, 4.69) is 10.1 Å². The molecule has 2 heterocycles. The summed E-state index contributed by atoms with van der Waals surface area (Å²) >= 11 is 6.42. The average molecular weight is 392 g/mol. The van der Waals surface area contributed by atoms with Gasteiger partial charge in [0.1, 0.15) is 5.02 Å². The molecule has 2 aromatic heterocycles. The minimum Gasteiger partial charge on any atom is -0.383 e. The summed E-state index contributed by atoms with van der Waals surface area (Å²) < 4.78 is 13.3. The van der Waals surface area contributed by atoms with Crippen LogP contribution in [-0.4, -0.2) is 59.9 Å². The minimum atomic E-state index is -0.424. The summed E-state index contributed by atoms with van der Waals surface area (Å²) in [5.74, 6) is 0.412. The molecule has 144 valence electrons. The van der Waals surface area contributed by atoms with Crippen molar-refractivity contribution in [3.63, 3.8) is 0 Å². The van der Waals surface area contributed by atoms with Crippen LogP contribution in [0, 0.1) is 0 Å². The summed E-state index contributed by atoms with van der Waals surface area (Å²) in [6.07, 6.45) is 1.58. The van der Waals surface area contributed by atoms with Gasteiger partial charge in [-0.15, -0.1) is 0 Å². The molecular weight excluding hydrogens is 370 g/mol. The molecule has 8 nitrogen and oxygen atoms in total. The van der Waals surface area contributed by atoms with Gasteiger partial charge in [0.25, 0.3) is 5.56 Å². The lowest BCUT2D eigenvalue weighted by atomic mass is 10.3. The van der Waals surface area contributed by atoms with Crippen molar-refractivity contribution in [2.75, 3.05) is 45.4 Å². The number of benzene rings is 1. The predicted molar refractivity (Wildman–Crippen MR) is 105 cm³/mol. The van der Waals surface area contributed by atoms with E-state index in [-0.39, 0.29) is 5.02 Å². The highest BCUT2D eigenvalue weighted by Gasteiger charge is 2.19. The number of rotatable bonds is 8. The number of fused-ring (bicyclic) bond motifs is 1. The maximum absolute atomic E-state index is 12.9. The molecule has 0 spiro atoms. The molecule has 0 saturated heterocycles. The van der Waals surface area contributed by atoms with Gasteiger partial charge < -0.3 is 18.9 Å². The summed E-state index contributed by atoms with van der Waals surface area (Å²) in [5, 5.41) is 4.40. The van der Waals surface area contributed by atoms with Gasteiger partial charge in [0.2, 0.25) is 5.95 Å². The van der Waals surface area contributed by atoms with Crippen LogP contribution in [0.1, 0.15) is 0 Å². The Labute approximate surface area is 161 Å². The Morgan fingerprint density at radius 1 is 1.15 bits per heavy atom. The van der Waals surface area contributed by atoms with Crippen LogP contribution >= 0.6 is 11.6 Å². The molecule has 0 N–H and O–H groups in total. The molecule has 3 aromatic rings. The van der Waals surface area contributed by atoms with Crippen LogP contribution in [0.5, 0.6) is 0 Å². The third-order valence-electron chi connectivity index (χ3n) is 4.32. The van der Waals surface area contributed by atoms with Crippen LogP contribution in [-0.2, 0) is 16.5 Å². The van der Waals surface area contributed by atoms with Crippen LogP contribution in [0.2, 0.25) is 5.02 Å². The van der Waals surface area contributed by atoms with Crippen molar-refractivity contribution in [3.05, 3.63) is 45.8 Å². The van der Waals surface area contributed by atoms with E-state index in [9.17, 15) is 4.79 Å². The summed E-state index contributed by atoms with van der Waals surface area (Å²) in [7, 11) is 5.08. The van der Waals surface area contributed by atoms with Crippen molar-refractivity contribution in [1.82, 2.24) is 19.3 Å². The normalized spacial score (nSPS) is 11.3. The van der Waals surface area contributed by atoms with Crippen LogP contribution < -0.4 is 10.5 Å². The number of methoxy groups -OCH3 is 2. The highest BCUT2D eigenvalue weighted by Crippen LogP contribution is 2.22. The lowest BCUT2D eigenvalue weighted by Crippen LogP contribution is -2.34. The fourth-order valence-corrected chi connectivity index (χ4v) is 3.11. The molecule has 0 saturated carbocycles. The summed E-state index contributed by atoms with van der Waals surface area (Å²) in [6, 6.07) is 7.64. The van der Waals surface area contributed by atoms with E-state index in [1.807, 2.05) is 40.8 Å². The van der Waals surface area contributed by atoms with Crippen LogP contribution in [0.25, 0.3) is 17.0 Å². The SMILES string of the molecule is COCCN(CCOC)c1cnn(-c2nc3ccccc3n2C)c(=O)c1Cl. The van der Waals surface area contributed by atoms with Gasteiger partial charge in [0.05, 0.1) is 36.1 Å². The highest BCUT2D eigenvalue weighted by atomic mass is 35.5. The molecule has 0 aliphatic carbocycles. The number of para-hydroxylation sites is 2. The van der Waals surface area contributed by atoms with Crippen LogP contribution in [0.15, 0.2) is 35.3 Å². The lowest BCUT2D eigenvalue weighted by molar-refractivity contribution is 0.190. The average Bonchev–Trinajstić information content (AvgIpc) is 3.01. The fourth-order valence-electron chi connectivity index (χ4n) is 2.86. The van der Waals surface area contributed by atoms with Gasteiger partial charge in [-0.1, -0.05) is 23.7 Å². The largest absolute Gasteiger partial charge is 0.383 e. The van der Waals surface area contributed by atoms with Crippen LogP contribution in [0.3, 0.4) is 0 Å². The molecule has 0 radical (unpaired) electrons. The first-order chi connectivity index (χ1) is 13.1. The van der Waals surface area contributed by atoms with Gasteiger partial charge in [-0.3, -0.25) is 4.79 Å². The van der Waals surface area contributed by atoms with Crippen molar-refractivity contribution in [3.8, 4) is 5.95 Å². The first kappa shape index (κ1) is 19.3. The number of aryl methyl sites for hydroxylation is 1. The monoisotopic (exact) mass is 391 g/mol.